The van der Waals surface area contributed by atoms with E-state index in [1.807, 2.05) is 0 Å². The van der Waals surface area contributed by atoms with Gasteiger partial charge in [-0.15, -0.1) is 0 Å². The van der Waals surface area contributed by atoms with E-state index in [0.717, 1.165) is 70.6 Å². The van der Waals surface area contributed by atoms with Gasteiger partial charge in [0.15, 0.2) is 6.10 Å². The second-order valence-electron chi connectivity index (χ2n) is 19.9. The van der Waals surface area contributed by atoms with E-state index in [1.165, 1.54) is 218 Å². The number of hydrogen-bond acceptors (Lipinski definition) is 6. The molecule has 0 amide bonds. The lowest BCUT2D eigenvalue weighted by atomic mass is 10.0. The third kappa shape index (κ3) is 53.0. The molecular formula is C59H112O6. The van der Waals surface area contributed by atoms with Crippen LogP contribution in [0.25, 0.3) is 0 Å². The maximum Gasteiger partial charge on any atom is 0.306 e. The van der Waals surface area contributed by atoms with Gasteiger partial charge < -0.3 is 14.2 Å². The van der Waals surface area contributed by atoms with E-state index in [-0.39, 0.29) is 31.1 Å². The lowest BCUT2D eigenvalue weighted by Crippen LogP contribution is -2.30. The van der Waals surface area contributed by atoms with Crippen LogP contribution in [0.2, 0.25) is 0 Å². The molecule has 0 aromatic rings. The van der Waals surface area contributed by atoms with Crippen LogP contribution in [0.3, 0.4) is 0 Å². The quantitative estimate of drug-likeness (QED) is 0.0262. The number of carbonyl (C=O) groups is 3. The van der Waals surface area contributed by atoms with E-state index in [2.05, 4.69) is 32.9 Å². The van der Waals surface area contributed by atoms with E-state index in [9.17, 15) is 14.4 Å². The highest BCUT2D eigenvalue weighted by Gasteiger charge is 2.19. The SMILES string of the molecule is CCCC/C=C\CCCCCCCC(=O)OC(COC(=O)CCCCCCC)COC(=O)CCCCCCCCCCCCCCCCCCCCCCCCCCCCCCCCC. The predicted octanol–water partition coefficient (Wildman–Crippen LogP) is 19.3. The molecule has 0 fully saturated rings. The summed E-state index contributed by atoms with van der Waals surface area (Å²) in [5, 5.41) is 0. The summed E-state index contributed by atoms with van der Waals surface area (Å²) in [7, 11) is 0. The Bertz CT molecular complexity index is 1010. The fraction of sp³-hybridized carbons (Fsp3) is 0.915. The Morgan fingerprint density at radius 2 is 0.523 bits per heavy atom. The molecule has 65 heavy (non-hydrogen) atoms. The monoisotopic (exact) mass is 917 g/mol. The van der Waals surface area contributed by atoms with Crippen molar-refractivity contribution in [3.8, 4) is 0 Å². The minimum atomic E-state index is -0.765. The molecule has 0 spiro atoms. The summed E-state index contributed by atoms with van der Waals surface area (Å²) in [4.78, 5) is 37.6. The summed E-state index contributed by atoms with van der Waals surface area (Å²) in [6, 6.07) is 0. The molecule has 0 saturated heterocycles. The van der Waals surface area contributed by atoms with Gasteiger partial charge in [-0.3, -0.25) is 14.4 Å². The molecule has 0 aliphatic heterocycles. The van der Waals surface area contributed by atoms with Gasteiger partial charge in [-0.1, -0.05) is 283 Å². The molecule has 0 aromatic carbocycles. The molecule has 0 aliphatic carbocycles. The Morgan fingerprint density at radius 3 is 0.815 bits per heavy atom. The lowest BCUT2D eigenvalue weighted by molar-refractivity contribution is -0.167. The van der Waals surface area contributed by atoms with Crippen LogP contribution in [0.1, 0.15) is 329 Å². The smallest absolute Gasteiger partial charge is 0.306 e. The molecule has 1 unspecified atom stereocenters. The van der Waals surface area contributed by atoms with Crippen LogP contribution in [0.15, 0.2) is 12.2 Å². The zero-order valence-electron chi connectivity index (χ0n) is 44.0. The van der Waals surface area contributed by atoms with Gasteiger partial charge in [0.25, 0.3) is 0 Å². The predicted molar refractivity (Wildman–Crippen MR) is 280 cm³/mol. The third-order valence-electron chi connectivity index (χ3n) is 13.3. The highest BCUT2D eigenvalue weighted by atomic mass is 16.6. The number of ether oxygens (including phenoxy) is 3. The van der Waals surface area contributed by atoms with Crippen LogP contribution >= 0.6 is 0 Å². The molecule has 0 aliphatic rings. The maximum absolute atomic E-state index is 12.7. The zero-order chi connectivity index (χ0) is 47.2. The van der Waals surface area contributed by atoms with Crippen molar-refractivity contribution in [3.63, 3.8) is 0 Å². The third-order valence-corrected chi connectivity index (χ3v) is 13.3. The first kappa shape index (κ1) is 63.1. The van der Waals surface area contributed by atoms with Crippen molar-refractivity contribution in [1.82, 2.24) is 0 Å². The molecule has 0 N–H and O–H groups in total. The summed E-state index contributed by atoms with van der Waals surface area (Å²) in [5.41, 5.74) is 0. The number of carbonyl (C=O) groups excluding carboxylic acids is 3. The molecule has 0 aromatic heterocycles. The van der Waals surface area contributed by atoms with Crippen LogP contribution in [0.4, 0.5) is 0 Å². The fourth-order valence-electron chi connectivity index (χ4n) is 8.84. The largest absolute Gasteiger partial charge is 0.462 e. The number of hydrogen-bond donors (Lipinski definition) is 0. The molecule has 6 heteroatoms. The Labute approximate surface area is 405 Å². The van der Waals surface area contributed by atoms with Crippen LogP contribution < -0.4 is 0 Å². The van der Waals surface area contributed by atoms with Crippen molar-refractivity contribution in [1.29, 1.82) is 0 Å². The molecule has 0 bridgehead atoms. The van der Waals surface area contributed by atoms with Gasteiger partial charge in [0, 0.05) is 19.3 Å². The van der Waals surface area contributed by atoms with E-state index in [1.54, 1.807) is 0 Å². The Kier molecular flexibility index (Phi) is 53.2. The summed E-state index contributed by atoms with van der Waals surface area (Å²) < 4.78 is 16.7. The molecule has 6 nitrogen and oxygen atoms in total. The average Bonchev–Trinajstić information content (AvgIpc) is 3.30. The van der Waals surface area contributed by atoms with Gasteiger partial charge in [-0.25, -0.2) is 0 Å². The first-order valence-corrected chi connectivity index (χ1v) is 29.2. The average molecular weight is 918 g/mol. The second kappa shape index (κ2) is 54.8. The van der Waals surface area contributed by atoms with Gasteiger partial charge in [0.2, 0.25) is 0 Å². The van der Waals surface area contributed by atoms with E-state index in [4.69, 9.17) is 14.2 Å². The molecule has 0 rings (SSSR count). The first-order chi connectivity index (χ1) is 32.0. The van der Waals surface area contributed by atoms with Gasteiger partial charge >= 0.3 is 17.9 Å². The number of rotatable bonds is 54. The standard InChI is InChI=1S/C59H112O6/c1-4-7-10-13-15-17-19-20-21-22-23-24-25-26-27-28-29-30-31-32-33-34-35-36-37-38-40-41-43-46-49-52-58(61)64-55-56(54-63-57(60)51-48-45-12-9-6-3)65-59(62)53-50-47-44-42-39-18-16-14-11-8-5-2/h14,16,56H,4-13,15,17-55H2,1-3H3/b16-14-. The number of esters is 3. The van der Waals surface area contributed by atoms with Gasteiger partial charge in [-0.05, 0) is 38.5 Å². The van der Waals surface area contributed by atoms with E-state index in [0.29, 0.717) is 19.3 Å². The van der Waals surface area contributed by atoms with Crippen LogP contribution in [-0.2, 0) is 28.6 Å². The van der Waals surface area contributed by atoms with Gasteiger partial charge in [0.05, 0.1) is 0 Å². The van der Waals surface area contributed by atoms with Crippen molar-refractivity contribution in [2.75, 3.05) is 13.2 Å². The molecule has 0 heterocycles. The highest BCUT2D eigenvalue weighted by Crippen LogP contribution is 2.18. The Hall–Kier alpha value is -1.85. The summed E-state index contributed by atoms with van der Waals surface area (Å²) in [5.74, 6) is -0.879. The fourth-order valence-corrected chi connectivity index (χ4v) is 8.84. The number of allylic oxidation sites excluding steroid dienone is 2. The summed E-state index contributed by atoms with van der Waals surface area (Å²) in [6.45, 7) is 6.55. The van der Waals surface area contributed by atoms with Gasteiger partial charge in [0.1, 0.15) is 13.2 Å². The summed E-state index contributed by atoms with van der Waals surface area (Å²) >= 11 is 0. The minimum absolute atomic E-state index is 0.0697. The van der Waals surface area contributed by atoms with Crippen molar-refractivity contribution >= 4 is 17.9 Å². The number of unbranched alkanes of at least 4 members (excludes halogenated alkanes) is 41. The highest BCUT2D eigenvalue weighted by molar-refractivity contribution is 5.71. The lowest BCUT2D eigenvalue weighted by Gasteiger charge is -2.18. The van der Waals surface area contributed by atoms with Crippen LogP contribution in [-0.4, -0.2) is 37.2 Å². The van der Waals surface area contributed by atoms with Crippen molar-refractivity contribution in [3.05, 3.63) is 12.2 Å². The molecule has 0 radical (unpaired) electrons. The Morgan fingerprint density at radius 1 is 0.292 bits per heavy atom. The summed E-state index contributed by atoms with van der Waals surface area (Å²) in [6.07, 6.45) is 62.9. The second-order valence-corrected chi connectivity index (χ2v) is 19.9. The molecular weight excluding hydrogens is 805 g/mol. The molecule has 0 saturated carbocycles. The Balaban J connectivity index is 3.83. The van der Waals surface area contributed by atoms with Gasteiger partial charge in [-0.2, -0.15) is 0 Å². The van der Waals surface area contributed by atoms with Crippen molar-refractivity contribution in [2.24, 2.45) is 0 Å². The molecule has 384 valence electrons. The normalized spacial score (nSPS) is 12.0. The van der Waals surface area contributed by atoms with Crippen molar-refractivity contribution < 1.29 is 28.6 Å². The van der Waals surface area contributed by atoms with E-state index < -0.39 is 6.10 Å². The van der Waals surface area contributed by atoms with Crippen molar-refractivity contribution in [2.45, 2.75) is 335 Å². The van der Waals surface area contributed by atoms with E-state index >= 15 is 0 Å². The van der Waals surface area contributed by atoms with Crippen LogP contribution in [0, 0.1) is 0 Å². The first-order valence-electron chi connectivity index (χ1n) is 29.2. The maximum atomic E-state index is 12.7. The van der Waals surface area contributed by atoms with Crippen LogP contribution in [0.5, 0.6) is 0 Å². The zero-order valence-corrected chi connectivity index (χ0v) is 44.0. The molecule has 1 atom stereocenters. The minimum Gasteiger partial charge on any atom is -0.462 e. The topological polar surface area (TPSA) is 78.9 Å².